The number of hydrogen-bond acceptors (Lipinski definition) is 8. The van der Waals surface area contributed by atoms with Gasteiger partial charge in [-0.25, -0.2) is 0 Å². The van der Waals surface area contributed by atoms with Crippen LogP contribution < -0.4 is 19.7 Å². The van der Waals surface area contributed by atoms with E-state index < -0.39 is 0 Å². The Balaban J connectivity index is 0.000000202. The first-order valence-corrected chi connectivity index (χ1v) is 19.1. The fourth-order valence-electron chi connectivity index (χ4n) is 6.73. The van der Waals surface area contributed by atoms with Gasteiger partial charge in [-0.05, 0) is 143 Å². The summed E-state index contributed by atoms with van der Waals surface area (Å²) < 4.78 is 10.8. The number of carbonyl (C=O) groups is 2. The number of carbonyl (C=O) groups excluding carboxylic acids is 2. The molecule has 2 fully saturated rings. The maximum absolute atomic E-state index is 11.7. The molecule has 0 atom stereocenters. The Labute approximate surface area is 294 Å². The van der Waals surface area contributed by atoms with E-state index in [0.717, 1.165) is 112 Å². The van der Waals surface area contributed by atoms with E-state index in [1.54, 1.807) is 11.9 Å². The van der Waals surface area contributed by atoms with Crippen molar-refractivity contribution in [2.75, 3.05) is 61.6 Å². The van der Waals surface area contributed by atoms with Crippen molar-refractivity contribution in [1.29, 1.82) is 0 Å². The highest BCUT2D eigenvalue weighted by atomic mass is 127. The van der Waals surface area contributed by atoms with E-state index >= 15 is 0 Å². The van der Waals surface area contributed by atoms with Crippen molar-refractivity contribution >= 4 is 59.9 Å². The summed E-state index contributed by atoms with van der Waals surface area (Å²) >= 11 is 2.15. The van der Waals surface area contributed by atoms with Gasteiger partial charge < -0.3 is 39.4 Å². The molecule has 2 aromatic carbocycles. The summed E-state index contributed by atoms with van der Waals surface area (Å²) in [5.41, 5.74) is 4.16. The smallest absolute Gasteiger partial charge is 0.376 e. The number of ether oxygens (including phenoxy) is 2. The Bertz CT molecular complexity index is 1320. The highest BCUT2D eigenvalue weighted by molar-refractivity contribution is 14.1. The first kappa shape index (κ1) is 37.5. The SMILES string of the molecule is CB(O)N1CCC(CCc2ccc3c(c2)N(C)C(=O)CO3)CC1.CB(O)N1CCC(CCc2ccc3c(c2)NC(=O)CO3)CC1.CI. The molecule has 4 aliphatic rings. The predicted octanol–water partition coefficient (Wildman–Crippen LogP) is 4.62. The molecule has 0 radical (unpaired) electrons. The van der Waals surface area contributed by atoms with Crippen molar-refractivity contribution in [2.45, 2.75) is 65.0 Å². The van der Waals surface area contributed by atoms with Crippen LogP contribution in [0.15, 0.2) is 36.4 Å². The van der Waals surface area contributed by atoms with Crippen LogP contribution in [0, 0.1) is 11.8 Å². The number of amides is 2. The lowest BCUT2D eigenvalue weighted by Gasteiger charge is -2.32. The number of alkyl halides is 1. The zero-order valence-corrected chi connectivity index (χ0v) is 30.6. The molecule has 256 valence electrons. The van der Waals surface area contributed by atoms with Crippen LogP contribution in [0.2, 0.25) is 13.6 Å². The quantitative estimate of drug-likeness (QED) is 0.203. The van der Waals surface area contributed by atoms with Gasteiger partial charge in [-0.15, -0.1) is 0 Å². The molecular weight excluding hydrogens is 709 g/mol. The van der Waals surface area contributed by atoms with Crippen molar-refractivity contribution in [1.82, 2.24) is 9.62 Å². The van der Waals surface area contributed by atoms with Crippen LogP contribution in [0.5, 0.6) is 11.5 Å². The van der Waals surface area contributed by atoms with Gasteiger partial charge in [0.05, 0.1) is 11.4 Å². The molecule has 0 saturated carbocycles. The normalized spacial score (nSPS) is 18.7. The van der Waals surface area contributed by atoms with Crippen molar-refractivity contribution in [3.8, 4) is 11.5 Å². The largest absolute Gasteiger partial charge is 0.482 e. The van der Waals surface area contributed by atoms with Crippen molar-refractivity contribution < 1.29 is 29.1 Å². The van der Waals surface area contributed by atoms with Gasteiger partial charge in [0.15, 0.2) is 13.2 Å². The topological polar surface area (TPSA) is 115 Å². The van der Waals surface area contributed by atoms with Gasteiger partial charge in [-0.2, -0.15) is 0 Å². The zero-order valence-electron chi connectivity index (χ0n) is 28.4. The van der Waals surface area contributed by atoms with Gasteiger partial charge in [-0.3, -0.25) is 9.59 Å². The minimum Gasteiger partial charge on any atom is -0.482 e. The number of hydrogen-bond donors (Lipinski definition) is 3. The van der Waals surface area contributed by atoms with Gasteiger partial charge in [0.25, 0.3) is 11.8 Å². The summed E-state index contributed by atoms with van der Waals surface area (Å²) in [4.78, 5) is 31.0. The highest BCUT2D eigenvalue weighted by Gasteiger charge is 2.26. The average molecular weight is 760 g/mol. The minimum atomic E-state index is -0.329. The maximum atomic E-state index is 11.7. The average Bonchev–Trinajstić information content (AvgIpc) is 3.09. The number of anilines is 2. The Kier molecular flexibility index (Phi) is 14.7. The minimum absolute atomic E-state index is 0.000134. The van der Waals surface area contributed by atoms with E-state index in [0.29, 0.717) is 0 Å². The molecule has 4 aliphatic heterocycles. The Morgan fingerprint density at radius 3 is 1.81 bits per heavy atom. The lowest BCUT2D eigenvalue weighted by molar-refractivity contribution is -0.121. The lowest BCUT2D eigenvalue weighted by atomic mass is 9.80. The van der Waals surface area contributed by atoms with Crippen LogP contribution in [-0.4, -0.2) is 97.0 Å². The molecule has 6 rings (SSSR count). The Hall–Kier alpha value is -2.32. The monoisotopic (exact) mass is 760 g/mol. The van der Waals surface area contributed by atoms with E-state index in [1.807, 2.05) is 36.8 Å². The number of fused-ring (bicyclic) bond motifs is 2. The van der Waals surface area contributed by atoms with Gasteiger partial charge in [0, 0.05) is 7.05 Å². The van der Waals surface area contributed by atoms with E-state index in [9.17, 15) is 19.6 Å². The first-order valence-electron chi connectivity index (χ1n) is 17.0. The molecule has 0 spiro atoms. The van der Waals surface area contributed by atoms with Crippen molar-refractivity contribution in [3.05, 3.63) is 47.5 Å². The lowest BCUT2D eigenvalue weighted by Crippen LogP contribution is -2.42. The molecule has 47 heavy (non-hydrogen) atoms. The Morgan fingerprint density at radius 1 is 0.787 bits per heavy atom. The number of nitrogens with one attached hydrogen (secondary N) is 1. The second-order valence-corrected chi connectivity index (χ2v) is 13.0. The van der Waals surface area contributed by atoms with Gasteiger partial charge in [0.1, 0.15) is 11.5 Å². The third-order valence-corrected chi connectivity index (χ3v) is 9.82. The summed E-state index contributed by atoms with van der Waals surface area (Å²) in [7, 11) is 1.15. The second kappa shape index (κ2) is 18.4. The number of likely N-dealkylation sites (N-methyl/N-ethyl adjacent to an activating group) is 1. The van der Waals surface area contributed by atoms with Crippen LogP contribution in [0.25, 0.3) is 0 Å². The summed E-state index contributed by atoms with van der Waals surface area (Å²) in [6.45, 7) is 7.85. The van der Waals surface area contributed by atoms with Crippen LogP contribution in [0.1, 0.15) is 49.7 Å². The van der Waals surface area contributed by atoms with E-state index in [-0.39, 0.29) is 39.1 Å². The number of piperidine rings is 2. The van der Waals surface area contributed by atoms with Crippen LogP contribution in [0.4, 0.5) is 11.4 Å². The van der Waals surface area contributed by atoms with Crippen LogP contribution >= 0.6 is 22.6 Å². The van der Waals surface area contributed by atoms with E-state index in [1.165, 1.54) is 11.1 Å². The molecule has 0 aromatic heterocycles. The summed E-state index contributed by atoms with van der Waals surface area (Å²) in [5, 5.41) is 22.1. The molecular formula is C34H51B2IN4O6. The number of benzene rings is 2. The number of aryl methyl sites for hydroxylation is 2. The standard InChI is InChI=1S/C17H25BN2O3.C16H23BN2O3.CH3I/c1-18(22)20-9-7-13(8-10-20)3-4-14-5-6-16-15(11-14)19(2)17(21)12-23-16;1-17(21)19-8-6-12(7-9-19)2-3-13-4-5-15-14(10-13)18-16(20)11-22-15;1-2/h5-6,11,13,22H,3-4,7-10,12H2,1-2H3;4-5,10,12,21H,2-3,6-9,11H2,1H3,(H,18,20);1H3. The molecule has 0 aliphatic carbocycles. The number of halogens is 1. The molecule has 2 saturated heterocycles. The second-order valence-electron chi connectivity index (χ2n) is 13.0. The first-order chi connectivity index (χ1) is 22.7. The number of rotatable bonds is 8. The van der Waals surface area contributed by atoms with Gasteiger partial charge in [-0.1, -0.05) is 34.7 Å². The van der Waals surface area contributed by atoms with E-state index in [4.69, 9.17) is 9.47 Å². The molecule has 3 N–H and O–H groups in total. The molecule has 0 unspecified atom stereocenters. The Morgan fingerprint density at radius 2 is 1.28 bits per heavy atom. The maximum Gasteiger partial charge on any atom is 0.376 e. The summed E-state index contributed by atoms with van der Waals surface area (Å²) in [6.07, 6.45) is 8.95. The molecule has 10 nitrogen and oxygen atoms in total. The van der Waals surface area contributed by atoms with Crippen LogP contribution in [-0.2, 0) is 22.4 Å². The molecule has 13 heteroatoms. The predicted molar refractivity (Wildman–Crippen MR) is 199 cm³/mol. The third kappa shape index (κ3) is 10.8. The summed E-state index contributed by atoms with van der Waals surface area (Å²) in [6, 6.07) is 12.2. The zero-order chi connectivity index (χ0) is 33.9. The molecule has 4 heterocycles. The highest BCUT2D eigenvalue weighted by Crippen LogP contribution is 2.33. The fourth-order valence-corrected chi connectivity index (χ4v) is 6.73. The molecule has 2 amide bonds. The van der Waals surface area contributed by atoms with Crippen molar-refractivity contribution in [3.63, 3.8) is 0 Å². The third-order valence-electron chi connectivity index (χ3n) is 9.82. The molecule has 0 bridgehead atoms. The summed E-state index contributed by atoms with van der Waals surface area (Å²) in [5.74, 6) is 2.90. The van der Waals surface area contributed by atoms with E-state index in [2.05, 4.69) is 55.7 Å². The van der Waals surface area contributed by atoms with Gasteiger partial charge >= 0.3 is 14.1 Å². The van der Waals surface area contributed by atoms with Gasteiger partial charge in [0.2, 0.25) is 0 Å². The van der Waals surface area contributed by atoms with Crippen molar-refractivity contribution in [2.24, 2.45) is 11.8 Å². The number of nitrogens with zero attached hydrogens (tertiary/aromatic N) is 3. The molecule has 2 aromatic rings. The van der Waals surface area contributed by atoms with Crippen LogP contribution in [0.3, 0.4) is 0 Å². The fraction of sp³-hybridized carbons (Fsp3) is 0.588.